The summed E-state index contributed by atoms with van der Waals surface area (Å²) >= 11 is 0. The van der Waals surface area contributed by atoms with Gasteiger partial charge in [0.1, 0.15) is 0 Å². The van der Waals surface area contributed by atoms with E-state index in [2.05, 4.69) is 0 Å². The highest BCUT2D eigenvalue weighted by Gasteiger charge is 2.46. The van der Waals surface area contributed by atoms with E-state index < -0.39 is 0 Å². The molecule has 3 heteroatoms. The van der Waals surface area contributed by atoms with Crippen molar-refractivity contribution in [3.05, 3.63) is 0 Å². The van der Waals surface area contributed by atoms with E-state index in [1.807, 2.05) is 5.01 Å². The molecule has 0 amide bonds. The lowest BCUT2D eigenvalue weighted by Crippen LogP contribution is -2.31. The van der Waals surface area contributed by atoms with Gasteiger partial charge in [0.15, 0.2) is 0 Å². The molecule has 0 aromatic carbocycles. The van der Waals surface area contributed by atoms with Crippen LogP contribution in [0.25, 0.3) is 0 Å². The molecule has 0 aromatic heterocycles. The first-order chi connectivity index (χ1) is 6.27. The summed E-state index contributed by atoms with van der Waals surface area (Å²) in [6, 6.07) is 0. The molecule has 2 fully saturated rings. The van der Waals surface area contributed by atoms with Crippen LogP contribution in [0.2, 0.25) is 0 Å². The average molecular weight is 184 g/mol. The molecule has 0 unspecified atom stereocenters. The highest BCUT2D eigenvalue weighted by Crippen LogP contribution is 2.48. The van der Waals surface area contributed by atoms with Gasteiger partial charge in [-0.1, -0.05) is 12.8 Å². The molecular weight excluding hydrogens is 164 g/mol. The van der Waals surface area contributed by atoms with Gasteiger partial charge in [0.05, 0.1) is 6.61 Å². The van der Waals surface area contributed by atoms with Crippen LogP contribution in [0.15, 0.2) is 0 Å². The summed E-state index contributed by atoms with van der Waals surface area (Å²) in [4.78, 5) is 0. The van der Waals surface area contributed by atoms with E-state index in [0.29, 0.717) is 11.3 Å². The highest BCUT2D eigenvalue weighted by molar-refractivity contribution is 4.97. The first-order valence-corrected chi connectivity index (χ1v) is 5.25. The van der Waals surface area contributed by atoms with Crippen molar-refractivity contribution in [1.82, 2.24) is 5.01 Å². The molecule has 1 heterocycles. The molecule has 1 saturated heterocycles. The van der Waals surface area contributed by atoms with Crippen LogP contribution in [0.1, 0.15) is 25.7 Å². The van der Waals surface area contributed by atoms with Crippen LogP contribution >= 0.6 is 0 Å². The first-order valence-electron chi connectivity index (χ1n) is 5.25. The van der Waals surface area contributed by atoms with E-state index >= 15 is 0 Å². The van der Waals surface area contributed by atoms with Gasteiger partial charge in [-0.2, -0.15) is 0 Å². The van der Waals surface area contributed by atoms with Crippen molar-refractivity contribution in [3.63, 3.8) is 0 Å². The molecular formula is C10H20N2O. The summed E-state index contributed by atoms with van der Waals surface area (Å²) in [6.07, 6.45) is 5.48. The molecule has 1 spiro atoms. The van der Waals surface area contributed by atoms with E-state index in [9.17, 15) is 0 Å². The number of nitrogens with zero attached hydrogens (tertiary/aromatic N) is 1. The second-order valence-electron chi connectivity index (χ2n) is 4.65. The van der Waals surface area contributed by atoms with Crippen LogP contribution in [0.3, 0.4) is 0 Å². The fourth-order valence-corrected chi connectivity index (χ4v) is 3.15. The van der Waals surface area contributed by atoms with E-state index in [-0.39, 0.29) is 0 Å². The van der Waals surface area contributed by atoms with Gasteiger partial charge in [0.2, 0.25) is 0 Å². The minimum atomic E-state index is 0.505. The Balaban J connectivity index is 2.06. The predicted molar refractivity (Wildman–Crippen MR) is 52.0 cm³/mol. The maximum absolute atomic E-state index is 5.89. The number of methoxy groups -OCH3 is 1. The second-order valence-corrected chi connectivity index (χ2v) is 4.65. The van der Waals surface area contributed by atoms with Crippen molar-refractivity contribution in [1.29, 1.82) is 0 Å². The lowest BCUT2D eigenvalue weighted by molar-refractivity contribution is 0.0968. The molecule has 0 radical (unpaired) electrons. The molecule has 2 aliphatic rings. The van der Waals surface area contributed by atoms with Crippen molar-refractivity contribution in [3.8, 4) is 0 Å². The maximum Gasteiger partial charge on any atom is 0.0509 e. The van der Waals surface area contributed by atoms with Crippen molar-refractivity contribution in [2.75, 3.05) is 26.8 Å². The first kappa shape index (κ1) is 9.44. The van der Waals surface area contributed by atoms with Gasteiger partial charge < -0.3 is 4.74 Å². The van der Waals surface area contributed by atoms with E-state index in [1.54, 1.807) is 7.11 Å². The average Bonchev–Trinajstić information content (AvgIpc) is 2.63. The zero-order chi connectivity index (χ0) is 9.31. The fourth-order valence-electron chi connectivity index (χ4n) is 3.15. The van der Waals surface area contributed by atoms with Crippen molar-refractivity contribution in [2.24, 2.45) is 17.2 Å². The zero-order valence-electron chi connectivity index (χ0n) is 8.46. The second kappa shape index (κ2) is 3.56. The van der Waals surface area contributed by atoms with E-state index in [1.165, 1.54) is 25.7 Å². The minimum absolute atomic E-state index is 0.505. The summed E-state index contributed by atoms with van der Waals surface area (Å²) < 4.78 is 5.28. The largest absolute Gasteiger partial charge is 0.384 e. The topological polar surface area (TPSA) is 38.5 Å². The smallest absolute Gasteiger partial charge is 0.0509 e. The predicted octanol–water partition coefficient (Wildman–Crippen LogP) is 0.999. The number of nitrogens with two attached hydrogens (primary N) is 1. The lowest BCUT2D eigenvalue weighted by Gasteiger charge is -2.29. The Hall–Kier alpha value is -0.120. The van der Waals surface area contributed by atoms with Gasteiger partial charge in [-0.3, -0.25) is 5.84 Å². The molecule has 1 atom stereocenters. The molecule has 1 saturated carbocycles. The van der Waals surface area contributed by atoms with Crippen molar-refractivity contribution >= 4 is 0 Å². The minimum Gasteiger partial charge on any atom is -0.384 e. The van der Waals surface area contributed by atoms with Gasteiger partial charge in [0.25, 0.3) is 0 Å². The summed E-state index contributed by atoms with van der Waals surface area (Å²) in [5, 5.41) is 1.98. The molecule has 2 rings (SSSR count). The summed E-state index contributed by atoms with van der Waals surface area (Å²) in [5.74, 6) is 6.56. The molecule has 0 aromatic rings. The van der Waals surface area contributed by atoms with Gasteiger partial charge >= 0.3 is 0 Å². The summed E-state index contributed by atoms with van der Waals surface area (Å²) in [7, 11) is 1.79. The Morgan fingerprint density at radius 2 is 2.15 bits per heavy atom. The Morgan fingerprint density at radius 3 is 2.77 bits per heavy atom. The third kappa shape index (κ3) is 1.60. The van der Waals surface area contributed by atoms with Crippen molar-refractivity contribution in [2.45, 2.75) is 25.7 Å². The van der Waals surface area contributed by atoms with Crippen LogP contribution in [-0.2, 0) is 4.74 Å². The standard InChI is InChI=1S/C10H20N2O/c1-13-7-9-6-12(11)8-10(9)4-2-3-5-10/h9H,2-8,11H2,1H3/t9-/m0/s1. The quantitative estimate of drug-likeness (QED) is 0.651. The Morgan fingerprint density at radius 1 is 1.46 bits per heavy atom. The molecule has 3 nitrogen and oxygen atoms in total. The molecule has 1 aliphatic carbocycles. The Kier molecular flexibility index (Phi) is 2.58. The van der Waals surface area contributed by atoms with E-state index in [0.717, 1.165) is 19.7 Å². The monoisotopic (exact) mass is 184 g/mol. The van der Waals surface area contributed by atoms with Crippen LogP contribution in [0.4, 0.5) is 0 Å². The maximum atomic E-state index is 5.89. The Bertz CT molecular complexity index is 178. The summed E-state index contributed by atoms with van der Waals surface area (Å²) in [5.41, 5.74) is 0.505. The van der Waals surface area contributed by atoms with Crippen molar-refractivity contribution < 1.29 is 4.74 Å². The van der Waals surface area contributed by atoms with Crippen LogP contribution in [0.5, 0.6) is 0 Å². The van der Waals surface area contributed by atoms with Gasteiger partial charge in [-0.05, 0) is 18.3 Å². The zero-order valence-corrected chi connectivity index (χ0v) is 8.46. The van der Waals surface area contributed by atoms with Gasteiger partial charge in [0, 0.05) is 26.1 Å². The number of ether oxygens (including phenoxy) is 1. The van der Waals surface area contributed by atoms with Crippen LogP contribution in [0, 0.1) is 11.3 Å². The van der Waals surface area contributed by atoms with Gasteiger partial charge in [-0.15, -0.1) is 0 Å². The normalized spacial score (nSPS) is 33.2. The van der Waals surface area contributed by atoms with Crippen LogP contribution in [-0.4, -0.2) is 31.8 Å². The highest BCUT2D eigenvalue weighted by atomic mass is 16.5. The molecule has 2 N–H and O–H groups in total. The Labute approximate surface area is 80.2 Å². The molecule has 0 bridgehead atoms. The van der Waals surface area contributed by atoms with Gasteiger partial charge in [-0.25, -0.2) is 5.01 Å². The molecule has 1 aliphatic heterocycles. The lowest BCUT2D eigenvalue weighted by atomic mass is 9.77. The number of rotatable bonds is 2. The van der Waals surface area contributed by atoms with Crippen LogP contribution < -0.4 is 5.84 Å². The summed E-state index contributed by atoms with van der Waals surface area (Å²) in [6.45, 7) is 2.99. The fraction of sp³-hybridized carbons (Fsp3) is 1.00. The number of hydrogen-bond acceptors (Lipinski definition) is 3. The number of hydrazine groups is 1. The third-order valence-electron chi connectivity index (χ3n) is 3.81. The SMILES string of the molecule is COC[C@@H]1CN(N)CC12CCCC2. The number of hydrogen-bond donors (Lipinski definition) is 1. The molecule has 13 heavy (non-hydrogen) atoms. The third-order valence-corrected chi connectivity index (χ3v) is 3.81. The van der Waals surface area contributed by atoms with E-state index in [4.69, 9.17) is 10.6 Å². The molecule has 76 valence electrons.